The predicted molar refractivity (Wildman–Crippen MR) is 264 cm³/mol. The molecule has 3 aliphatic rings. The molecule has 0 amide bonds. The van der Waals surface area contributed by atoms with Crippen LogP contribution in [-0.2, 0) is 81.0 Å². The molecule has 0 N–H and O–H groups in total. The number of likely N-dealkylation sites (N-methyl/N-ethyl adjacent to an activating group) is 1. The molecule has 0 spiro atoms. The maximum absolute atomic E-state index is 13.3. The monoisotopic (exact) mass is 1080 g/mol. The lowest BCUT2D eigenvalue weighted by atomic mass is 9.79. The largest absolute Gasteiger partial charge is 1.00 e. The van der Waals surface area contributed by atoms with E-state index < -0.39 is 107 Å². The molecule has 2 aromatic rings. The Morgan fingerprint density at radius 2 is 1.04 bits per heavy atom. The van der Waals surface area contributed by atoms with Crippen molar-refractivity contribution in [2.75, 3.05) is 105 Å². The summed E-state index contributed by atoms with van der Waals surface area (Å²) >= 11 is 0. The van der Waals surface area contributed by atoms with Crippen molar-refractivity contribution in [1.82, 2.24) is 4.90 Å². The van der Waals surface area contributed by atoms with Gasteiger partial charge < -0.3 is 79.2 Å². The van der Waals surface area contributed by atoms with E-state index in [-0.39, 0.29) is 54.4 Å². The third-order valence-corrected chi connectivity index (χ3v) is 10.9. The van der Waals surface area contributed by atoms with Crippen LogP contribution < -0.4 is 31.7 Å². The van der Waals surface area contributed by atoms with Gasteiger partial charge in [0.2, 0.25) is 32.9 Å². The van der Waals surface area contributed by atoms with Gasteiger partial charge in [0, 0.05) is 65.2 Å². The van der Waals surface area contributed by atoms with Crippen molar-refractivity contribution in [2.45, 2.75) is 40.7 Å². The number of esters is 8. The number of aryl methyl sites for hydroxylation is 1. The zero-order valence-electron chi connectivity index (χ0n) is 43.6. The molecule has 410 valence electrons. The van der Waals surface area contributed by atoms with Gasteiger partial charge in [-0.1, -0.05) is 24.3 Å². The lowest BCUT2D eigenvalue weighted by Gasteiger charge is -2.37. The fourth-order valence-electron chi connectivity index (χ4n) is 7.41. The van der Waals surface area contributed by atoms with E-state index in [1.54, 1.807) is 37.3 Å². The van der Waals surface area contributed by atoms with Gasteiger partial charge in [-0.3, -0.25) is 38.4 Å². The zero-order chi connectivity index (χ0) is 54.8. The second-order valence-corrected chi connectivity index (χ2v) is 17.1. The highest BCUT2D eigenvalue weighted by atomic mass is 35.5. The maximum atomic E-state index is 13.3. The molecule has 76 heavy (non-hydrogen) atoms. The normalized spacial score (nSPS) is 14.8. The number of carbonyl (C=O) groups is 8. The number of fused-ring (bicyclic) bond motifs is 2. The van der Waals surface area contributed by atoms with Gasteiger partial charge in [-0.2, -0.15) is 0 Å². The van der Waals surface area contributed by atoms with Crippen molar-refractivity contribution >= 4 is 70.4 Å². The summed E-state index contributed by atoms with van der Waals surface area (Å²) in [6.07, 6.45) is 11.5. The van der Waals surface area contributed by atoms with Gasteiger partial charge in [-0.25, -0.2) is 4.58 Å². The topological polar surface area (TPSA) is 251 Å². The van der Waals surface area contributed by atoms with E-state index in [0.29, 0.717) is 11.3 Å². The average molecular weight is 1080 g/mol. The SMILES string of the molecule is CC(=O)OCOC(=O)CN(CC(=O)OCOC(C)=O)c1ccc(C)cc1OCCOc1cc(C2=C3C=CC(N(C)C)=CC3OC3=CC(=[N+](C)C)C=CC32)ccc1N(CC(=O)OCOC(C)=O)CC(=O)OCOC(C)=O.[Cl-]. The Morgan fingerprint density at radius 1 is 0.592 bits per heavy atom. The zero-order valence-corrected chi connectivity index (χ0v) is 44.3. The van der Waals surface area contributed by atoms with Crippen LogP contribution in [0.4, 0.5) is 11.4 Å². The minimum absolute atomic E-state index is 0. The molecule has 0 bridgehead atoms. The van der Waals surface area contributed by atoms with E-state index in [1.807, 2.05) is 80.2 Å². The number of benzene rings is 2. The minimum Gasteiger partial charge on any atom is -1.00 e. The summed E-state index contributed by atoms with van der Waals surface area (Å²) in [4.78, 5) is 103. The molecule has 2 atom stereocenters. The predicted octanol–water partition coefficient (Wildman–Crippen LogP) is 0.276. The molecule has 0 saturated carbocycles. The van der Waals surface area contributed by atoms with Crippen molar-refractivity contribution < 1.29 is 107 Å². The Balaban J connectivity index is 0.0000125. The van der Waals surface area contributed by atoms with Crippen LogP contribution in [0.5, 0.6) is 11.5 Å². The lowest BCUT2D eigenvalue weighted by molar-refractivity contribution is -0.462. The molecule has 24 heteroatoms. The average Bonchev–Trinajstić information content (AvgIpc) is 3.33. The Morgan fingerprint density at radius 3 is 1.47 bits per heavy atom. The van der Waals surface area contributed by atoms with Gasteiger partial charge in [0.15, 0.2) is 0 Å². The summed E-state index contributed by atoms with van der Waals surface area (Å²) in [5, 5.41) is 0. The van der Waals surface area contributed by atoms with Crippen molar-refractivity contribution in [1.29, 1.82) is 0 Å². The number of ether oxygens (including phenoxy) is 11. The molecule has 0 saturated heterocycles. The van der Waals surface area contributed by atoms with Crippen molar-refractivity contribution in [3.8, 4) is 11.5 Å². The van der Waals surface area contributed by atoms with E-state index in [9.17, 15) is 38.4 Å². The van der Waals surface area contributed by atoms with Gasteiger partial charge in [0.05, 0.1) is 17.3 Å². The molecule has 2 unspecified atom stereocenters. The smallest absolute Gasteiger partial charge is 0.328 e. The Bertz CT molecular complexity index is 2640. The van der Waals surface area contributed by atoms with Crippen LogP contribution in [0.3, 0.4) is 0 Å². The molecule has 0 radical (unpaired) electrons. The minimum atomic E-state index is -0.896. The first-order valence-electron chi connectivity index (χ1n) is 23.3. The summed E-state index contributed by atoms with van der Waals surface area (Å²) in [7, 11) is 7.73. The number of anilines is 2. The highest BCUT2D eigenvalue weighted by Crippen LogP contribution is 2.46. The van der Waals surface area contributed by atoms with Gasteiger partial charge in [0.25, 0.3) is 0 Å². The lowest BCUT2D eigenvalue weighted by Crippen LogP contribution is -3.00. The first kappa shape index (κ1) is 60.2. The number of nitrogens with zero attached hydrogens (tertiary/aromatic N) is 4. The fraction of sp³-hybridized carbons (Fsp3) is 0.404. The van der Waals surface area contributed by atoms with Gasteiger partial charge in [-0.15, -0.1) is 0 Å². The van der Waals surface area contributed by atoms with Crippen molar-refractivity contribution in [2.24, 2.45) is 5.92 Å². The number of carbonyl (C=O) groups excluding carboxylic acids is 8. The van der Waals surface area contributed by atoms with Crippen LogP contribution in [-0.4, -0.2) is 164 Å². The second-order valence-electron chi connectivity index (χ2n) is 17.1. The molecule has 2 aromatic carbocycles. The van der Waals surface area contributed by atoms with Crippen molar-refractivity contribution in [3.63, 3.8) is 0 Å². The summed E-state index contributed by atoms with van der Waals surface area (Å²) in [6.45, 7) is 0.947. The first-order chi connectivity index (χ1) is 35.7. The van der Waals surface area contributed by atoms with Crippen LogP contribution in [0.2, 0.25) is 0 Å². The summed E-state index contributed by atoms with van der Waals surface area (Å²) in [5.41, 5.74) is 5.44. The Hall–Kier alpha value is -8.34. The van der Waals surface area contributed by atoms with E-state index in [4.69, 9.17) is 52.1 Å². The maximum Gasteiger partial charge on any atom is 0.328 e. The quantitative estimate of drug-likeness (QED) is 0.0426. The summed E-state index contributed by atoms with van der Waals surface area (Å²) < 4.78 is 60.9. The molecule has 1 aliphatic heterocycles. The van der Waals surface area contributed by atoms with Gasteiger partial charge in [-0.05, 0) is 60.0 Å². The molecule has 5 rings (SSSR count). The van der Waals surface area contributed by atoms with Crippen LogP contribution in [0.15, 0.2) is 89.9 Å². The van der Waals surface area contributed by atoms with Gasteiger partial charge >= 0.3 is 47.8 Å². The Kier molecular flexibility index (Phi) is 22.9. The number of hydrogen-bond acceptors (Lipinski definition) is 22. The highest BCUT2D eigenvalue weighted by molar-refractivity contribution is 6.03. The number of halogens is 1. The molecule has 1 heterocycles. The van der Waals surface area contributed by atoms with E-state index in [0.717, 1.165) is 55.8 Å². The highest BCUT2D eigenvalue weighted by Gasteiger charge is 2.37. The van der Waals surface area contributed by atoms with Crippen LogP contribution in [0.1, 0.15) is 38.8 Å². The molecule has 0 aromatic heterocycles. The van der Waals surface area contributed by atoms with Crippen LogP contribution in [0.25, 0.3) is 5.57 Å². The number of rotatable bonds is 25. The van der Waals surface area contributed by atoms with Crippen molar-refractivity contribution in [3.05, 3.63) is 101 Å². The third-order valence-electron chi connectivity index (χ3n) is 10.9. The number of allylic oxidation sites excluding steroid dienone is 4. The summed E-state index contributed by atoms with van der Waals surface area (Å²) in [5.74, 6) is -5.64. The molecular formula is C52H61ClN4O19. The molecular weight excluding hydrogens is 1020 g/mol. The van der Waals surface area contributed by atoms with E-state index in [1.165, 1.54) is 9.80 Å². The standard InChI is InChI=1S/C52H61N4O19.ClH/c1-32-10-16-42(55(24-48(61)71-28-67-33(2)57)25-49(62)72-29-68-34(3)58)46(20-32)65-18-19-66-47-21-37(11-17-43(47)56(26-50(63)73-30-69-35(4)59)27-51(64)74-31-70-36(5)60)52-40-14-12-38(53(6)7)22-44(40)75-45-23-39(54(8)9)13-15-41(45)52;/h10-17,20-23,40,45H,18-19,24-31H2,1-9H3;1H/q+1;/p-1. The Labute approximate surface area is 445 Å². The first-order valence-corrected chi connectivity index (χ1v) is 23.3. The molecule has 2 aliphatic carbocycles. The third kappa shape index (κ3) is 18.2. The fourth-order valence-corrected chi connectivity index (χ4v) is 7.41. The van der Waals surface area contributed by atoms with E-state index >= 15 is 0 Å². The molecule has 23 nitrogen and oxygen atoms in total. The summed E-state index contributed by atoms with van der Waals surface area (Å²) in [6, 6.07) is 10.2. The van der Waals surface area contributed by atoms with Gasteiger partial charge in [0.1, 0.15) is 76.9 Å². The van der Waals surface area contributed by atoms with E-state index in [2.05, 4.69) is 0 Å². The number of hydrogen-bond donors (Lipinski definition) is 0. The van der Waals surface area contributed by atoms with Crippen LogP contribution in [0, 0.1) is 12.8 Å². The molecule has 0 fully saturated rings. The second kappa shape index (κ2) is 28.9. The van der Waals surface area contributed by atoms with Crippen LogP contribution >= 0.6 is 0 Å².